The molecule has 102 valence electrons. The number of rotatable bonds is 5. The second-order valence-electron chi connectivity index (χ2n) is 5.36. The van der Waals surface area contributed by atoms with Crippen LogP contribution in [0.3, 0.4) is 0 Å². The SMILES string of the molecule is CCN(CC1CCCNC1)C(C)c1ccnn1C. The van der Waals surface area contributed by atoms with Gasteiger partial charge >= 0.3 is 0 Å². The Bertz CT molecular complexity index is 354. The van der Waals surface area contributed by atoms with Gasteiger partial charge in [0.15, 0.2) is 0 Å². The van der Waals surface area contributed by atoms with Gasteiger partial charge in [0, 0.05) is 25.8 Å². The summed E-state index contributed by atoms with van der Waals surface area (Å²) in [6, 6.07) is 2.58. The fourth-order valence-electron chi connectivity index (χ4n) is 2.95. The van der Waals surface area contributed by atoms with Gasteiger partial charge in [-0.1, -0.05) is 6.92 Å². The van der Waals surface area contributed by atoms with E-state index in [1.165, 1.54) is 38.2 Å². The van der Waals surface area contributed by atoms with E-state index in [1.54, 1.807) is 0 Å². The molecule has 0 amide bonds. The number of piperidine rings is 1. The van der Waals surface area contributed by atoms with Crippen LogP contribution in [0.5, 0.6) is 0 Å². The number of nitrogens with zero attached hydrogens (tertiary/aromatic N) is 3. The Morgan fingerprint density at radius 2 is 2.44 bits per heavy atom. The molecule has 0 saturated carbocycles. The van der Waals surface area contributed by atoms with Crippen molar-refractivity contribution in [1.29, 1.82) is 0 Å². The summed E-state index contributed by atoms with van der Waals surface area (Å²) in [5, 5.41) is 7.78. The number of hydrogen-bond donors (Lipinski definition) is 1. The van der Waals surface area contributed by atoms with Crippen LogP contribution >= 0.6 is 0 Å². The van der Waals surface area contributed by atoms with Gasteiger partial charge in [-0.2, -0.15) is 5.10 Å². The van der Waals surface area contributed by atoms with E-state index in [0.29, 0.717) is 6.04 Å². The van der Waals surface area contributed by atoms with Gasteiger partial charge in [-0.3, -0.25) is 9.58 Å². The molecule has 2 heterocycles. The molecule has 1 aliphatic rings. The first kappa shape index (κ1) is 13.6. The topological polar surface area (TPSA) is 33.1 Å². The van der Waals surface area contributed by atoms with Crippen molar-refractivity contribution in [2.75, 3.05) is 26.2 Å². The first-order valence-electron chi connectivity index (χ1n) is 7.15. The van der Waals surface area contributed by atoms with Crippen molar-refractivity contribution in [2.45, 2.75) is 32.7 Å². The average Bonchev–Trinajstić information content (AvgIpc) is 2.82. The standard InChI is InChI=1S/C14H26N4/c1-4-18(11-13-6-5-8-15-10-13)12(2)14-7-9-16-17(14)3/h7,9,12-13,15H,4-6,8,10-11H2,1-3H3. The largest absolute Gasteiger partial charge is 0.316 e. The molecule has 0 aromatic carbocycles. The third kappa shape index (κ3) is 3.12. The van der Waals surface area contributed by atoms with Crippen molar-refractivity contribution in [1.82, 2.24) is 20.0 Å². The van der Waals surface area contributed by atoms with Crippen LogP contribution in [0.4, 0.5) is 0 Å². The summed E-state index contributed by atoms with van der Waals surface area (Å²) >= 11 is 0. The molecule has 2 unspecified atom stereocenters. The molecule has 2 atom stereocenters. The van der Waals surface area contributed by atoms with Crippen molar-refractivity contribution < 1.29 is 0 Å². The zero-order valence-electron chi connectivity index (χ0n) is 11.9. The van der Waals surface area contributed by atoms with E-state index in [9.17, 15) is 0 Å². The van der Waals surface area contributed by atoms with Gasteiger partial charge in [-0.15, -0.1) is 0 Å². The average molecular weight is 250 g/mol. The van der Waals surface area contributed by atoms with Crippen LogP contribution in [0, 0.1) is 5.92 Å². The van der Waals surface area contributed by atoms with E-state index >= 15 is 0 Å². The highest BCUT2D eigenvalue weighted by Gasteiger charge is 2.21. The maximum Gasteiger partial charge on any atom is 0.0549 e. The molecule has 1 N–H and O–H groups in total. The number of nitrogens with one attached hydrogen (secondary N) is 1. The monoisotopic (exact) mass is 250 g/mol. The number of aryl methyl sites for hydroxylation is 1. The summed E-state index contributed by atoms with van der Waals surface area (Å²) in [7, 11) is 2.03. The van der Waals surface area contributed by atoms with Gasteiger partial charge in [0.1, 0.15) is 0 Å². The van der Waals surface area contributed by atoms with Crippen LogP contribution in [0.2, 0.25) is 0 Å². The van der Waals surface area contributed by atoms with Crippen LogP contribution in [0.15, 0.2) is 12.3 Å². The van der Waals surface area contributed by atoms with Gasteiger partial charge in [0.25, 0.3) is 0 Å². The van der Waals surface area contributed by atoms with Crippen LogP contribution in [0.1, 0.15) is 38.4 Å². The van der Waals surface area contributed by atoms with Gasteiger partial charge in [0.2, 0.25) is 0 Å². The summed E-state index contributed by atoms with van der Waals surface area (Å²) in [5.41, 5.74) is 1.31. The zero-order chi connectivity index (χ0) is 13.0. The first-order valence-corrected chi connectivity index (χ1v) is 7.15. The van der Waals surface area contributed by atoms with Crippen molar-refractivity contribution in [3.05, 3.63) is 18.0 Å². The molecule has 18 heavy (non-hydrogen) atoms. The Balaban J connectivity index is 1.97. The lowest BCUT2D eigenvalue weighted by molar-refractivity contribution is 0.165. The summed E-state index contributed by atoms with van der Waals surface area (Å²) in [6.45, 7) is 9.20. The molecular weight excluding hydrogens is 224 g/mol. The van der Waals surface area contributed by atoms with Crippen LogP contribution in [-0.4, -0.2) is 40.9 Å². The predicted molar refractivity (Wildman–Crippen MR) is 74.5 cm³/mol. The Kier molecular flexibility index (Phi) is 4.78. The molecule has 4 nitrogen and oxygen atoms in total. The Morgan fingerprint density at radius 3 is 3.00 bits per heavy atom. The van der Waals surface area contributed by atoms with Gasteiger partial charge in [-0.05, 0) is 51.4 Å². The van der Waals surface area contributed by atoms with Crippen molar-refractivity contribution in [3.8, 4) is 0 Å². The normalized spacial score (nSPS) is 22.3. The van der Waals surface area contributed by atoms with Crippen molar-refractivity contribution in [3.63, 3.8) is 0 Å². The minimum absolute atomic E-state index is 0.449. The fourth-order valence-corrected chi connectivity index (χ4v) is 2.95. The highest BCUT2D eigenvalue weighted by Crippen LogP contribution is 2.22. The fraction of sp³-hybridized carbons (Fsp3) is 0.786. The Hall–Kier alpha value is -0.870. The first-order chi connectivity index (χ1) is 8.72. The highest BCUT2D eigenvalue weighted by molar-refractivity contribution is 5.05. The maximum atomic E-state index is 4.28. The molecule has 0 aliphatic carbocycles. The predicted octanol–water partition coefficient (Wildman–Crippen LogP) is 1.80. The van der Waals surface area contributed by atoms with Gasteiger partial charge in [-0.25, -0.2) is 0 Å². The maximum absolute atomic E-state index is 4.28. The van der Waals surface area contributed by atoms with E-state index in [1.807, 2.05) is 17.9 Å². The molecule has 0 radical (unpaired) electrons. The Labute approximate surface area is 110 Å². The van der Waals surface area contributed by atoms with E-state index in [-0.39, 0.29) is 0 Å². The van der Waals surface area contributed by atoms with E-state index in [4.69, 9.17) is 0 Å². The molecule has 2 rings (SSSR count). The molecule has 1 aromatic rings. The summed E-state index contributed by atoms with van der Waals surface area (Å²) in [4.78, 5) is 2.56. The second-order valence-corrected chi connectivity index (χ2v) is 5.36. The van der Waals surface area contributed by atoms with Crippen molar-refractivity contribution >= 4 is 0 Å². The number of aromatic nitrogens is 2. The van der Waals surface area contributed by atoms with Crippen molar-refractivity contribution in [2.24, 2.45) is 13.0 Å². The lowest BCUT2D eigenvalue weighted by atomic mass is 9.98. The zero-order valence-corrected chi connectivity index (χ0v) is 11.9. The van der Waals surface area contributed by atoms with Crippen LogP contribution in [0.25, 0.3) is 0 Å². The van der Waals surface area contributed by atoms with E-state index < -0.39 is 0 Å². The van der Waals surface area contributed by atoms with E-state index in [0.717, 1.165) is 12.5 Å². The molecule has 0 spiro atoms. The molecular formula is C14H26N4. The lowest BCUT2D eigenvalue weighted by Gasteiger charge is -2.33. The summed E-state index contributed by atoms with van der Waals surface area (Å²) in [6.07, 6.45) is 4.58. The molecule has 1 saturated heterocycles. The quantitative estimate of drug-likeness (QED) is 0.865. The number of hydrogen-bond acceptors (Lipinski definition) is 3. The second kappa shape index (κ2) is 6.34. The van der Waals surface area contributed by atoms with Crippen LogP contribution in [-0.2, 0) is 7.05 Å². The smallest absolute Gasteiger partial charge is 0.0549 e. The lowest BCUT2D eigenvalue weighted by Crippen LogP contribution is -2.39. The van der Waals surface area contributed by atoms with Crippen LogP contribution < -0.4 is 5.32 Å². The van der Waals surface area contributed by atoms with Gasteiger partial charge < -0.3 is 5.32 Å². The molecule has 1 aliphatic heterocycles. The molecule has 1 aromatic heterocycles. The molecule has 4 heteroatoms. The summed E-state index contributed by atoms with van der Waals surface area (Å²) in [5.74, 6) is 0.800. The Morgan fingerprint density at radius 1 is 1.61 bits per heavy atom. The van der Waals surface area contributed by atoms with Gasteiger partial charge in [0.05, 0.1) is 5.69 Å². The third-order valence-electron chi connectivity index (χ3n) is 4.13. The highest BCUT2D eigenvalue weighted by atomic mass is 15.3. The minimum atomic E-state index is 0.449. The minimum Gasteiger partial charge on any atom is -0.316 e. The third-order valence-corrected chi connectivity index (χ3v) is 4.13. The molecule has 0 bridgehead atoms. The van der Waals surface area contributed by atoms with E-state index in [2.05, 4.69) is 35.2 Å². The molecule has 1 fully saturated rings. The summed E-state index contributed by atoms with van der Waals surface area (Å²) < 4.78 is 1.99.